The number of rotatable bonds is 5. The van der Waals surface area contributed by atoms with Crippen molar-refractivity contribution in [2.75, 3.05) is 0 Å². The first kappa shape index (κ1) is 21.4. The van der Waals surface area contributed by atoms with Crippen LogP contribution in [0.4, 0.5) is 10.1 Å². The van der Waals surface area contributed by atoms with Crippen LogP contribution in [0.3, 0.4) is 0 Å². The summed E-state index contributed by atoms with van der Waals surface area (Å²) in [5.74, 6) is -0.139. The van der Waals surface area contributed by atoms with Crippen LogP contribution in [0, 0.1) is 5.82 Å². The molecule has 0 aromatic heterocycles. The monoisotopic (exact) mass is 472 g/mol. The fourth-order valence-electron chi connectivity index (χ4n) is 2.79. The molecule has 3 aromatic rings. The third-order valence-electron chi connectivity index (χ3n) is 4.31. The molecule has 1 amide bonds. The summed E-state index contributed by atoms with van der Waals surface area (Å²) in [6.45, 7) is 0.0487. The van der Waals surface area contributed by atoms with Crippen molar-refractivity contribution < 1.29 is 13.9 Å². The molecule has 4 rings (SSSR count). The first-order valence-electron chi connectivity index (χ1n) is 9.19. The molecule has 0 atom stereocenters. The van der Waals surface area contributed by atoms with E-state index in [-0.39, 0.29) is 18.3 Å². The summed E-state index contributed by atoms with van der Waals surface area (Å²) < 4.78 is 19.7. The van der Waals surface area contributed by atoms with E-state index in [0.717, 1.165) is 0 Å². The van der Waals surface area contributed by atoms with E-state index in [9.17, 15) is 9.18 Å². The predicted molar refractivity (Wildman–Crippen MR) is 124 cm³/mol. The maximum absolute atomic E-state index is 13.9. The van der Waals surface area contributed by atoms with E-state index in [1.165, 1.54) is 17.8 Å². The first-order chi connectivity index (χ1) is 15.0. The normalized spacial score (nSPS) is 16.0. The summed E-state index contributed by atoms with van der Waals surface area (Å²) in [5.41, 5.74) is 1.71. The van der Waals surface area contributed by atoms with Crippen LogP contribution in [0.1, 0.15) is 11.1 Å². The van der Waals surface area contributed by atoms with Gasteiger partial charge in [-0.25, -0.2) is 9.38 Å². The van der Waals surface area contributed by atoms with Crippen LogP contribution < -0.4 is 10.1 Å². The van der Waals surface area contributed by atoms with Crippen LogP contribution in [-0.2, 0) is 11.4 Å². The third kappa shape index (κ3) is 5.47. The lowest BCUT2D eigenvalue weighted by Crippen LogP contribution is -2.19. The molecule has 0 radical (unpaired) electrons. The van der Waals surface area contributed by atoms with E-state index in [2.05, 4.69) is 10.3 Å². The van der Waals surface area contributed by atoms with Crippen molar-refractivity contribution in [3.63, 3.8) is 0 Å². The van der Waals surface area contributed by atoms with E-state index < -0.39 is 0 Å². The Balaban J connectivity index is 1.56. The average Bonchev–Trinajstić information content (AvgIpc) is 3.09. The van der Waals surface area contributed by atoms with Crippen LogP contribution >= 0.6 is 35.0 Å². The Bertz CT molecular complexity index is 1200. The molecule has 156 valence electrons. The largest absolute Gasteiger partial charge is 0.488 e. The number of ether oxygens (including phenoxy) is 1. The van der Waals surface area contributed by atoms with Crippen molar-refractivity contribution >= 4 is 57.8 Å². The van der Waals surface area contributed by atoms with Crippen molar-refractivity contribution in [1.29, 1.82) is 0 Å². The quantitative estimate of drug-likeness (QED) is 0.425. The van der Waals surface area contributed by atoms with Gasteiger partial charge in [0.1, 0.15) is 18.2 Å². The number of carbonyl (C=O) groups excluding carboxylic acids is 1. The smallest absolute Gasteiger partial charge is 0.264 e. The number of amides is 1. The minimum Gasteiger partial charge on any atom is -0.488 e. The maximum Gasteiger partial charge on any atom is 0.264 e. The number of nitrogens with zero attached hydrogens (tertiary/aromatic N) is 1. The van der Waals surface area contributed by atoms with E-state index >= 15 is 0 Å². The number of hydrogen-bond acceptors (Lipinski definition) is 4. The highest BCUT2D eigenvalue weighted by atomic mass is 35.5. The lowest BCUT2D eigenvalue weighted by atomic mass is 10.1. The number of amidine groups is 1. The number of thioether (sulfide) groups is 1. The number of nitrogens with one attached hydrogen (secondary N) is 1. The number of aliphatic imine (C=N–C) groups is 1. The van der Waals surface area contributed by atoms with Crippen molar-refractivity contribution in [3.05, 3.63) is 98.6 Å². The molecule has 0 spiro atoms. The molecule has 1 N–H and O–H groups in total. The second-order valence-corrected chi connectivity index (χ2v) is 8.42. The van der Waals surface area contributed by atoms with E-state index in [0.29, 0.717) is 42.7 Å². The summed E-state index contributed by atoms with van der Waals surface area (Å²) in [4.78, 5) is 17.3. The van der Waals surface area contributed by atoms with Gasteiger partial charge in [-0.05, 0) is 66.4 Å². The predicted octanol–water partition coefficient (Wildman–Crippen LogP) is 6.60. The number of carbonyl (C=O) groups is 1. The zero-order valence-electron chi connectivity index (χ0n) is 15.9. The molecular formula is C23H15Cl2FN2O2S. The minimum atomic E-state index is -0.342. The highest BCUT2D eigenvalue weighted by Gasteiger charge is 2.24. The molecule has 0 bridgehead atoms. The summed E-state index contributed by atoms with van der Waals surface area (Å²) in [6, 6.07) is 18.4. The molecular weight excluding hydrogens is 458 g/mol. The van der Waals surface area contributed by atoms with Gasteiger partial charge in [0, 0.05) is 21.2 Å². The second-order valence-electron chi connectivity index (χ2n) is 6.52. The van der Waals surface area contributed by atoms with Gasteiger partial charge < -0.3 is 10.1 Å². The Morgan fingerprint density at radius 3 is 2.55 bits per heavy atom. The molecule has 0 saturated carbocycles. The molecule has 4 nitrogen and oxygen atoms in total. The Labute approximate surface area is 192 Å². The molecule has 0 aliphatic carbocycles. The van der Waals surface area contributed by atoms with Crippen LogP contribution in [0.5, 0.6) is 5.75 Å². The Kier molecular flexibility index (Phi) is 6.61. The van der Waals surface area contributed by atoms with Gasteiger partial charge >= 0.3 is 0 Å². The molecule has 1 aliphatic heterocycles. The van der Waals surface area contributed by atoms with Crippen LogP contribution in [0.15, 0.2) is 76.6 Å². The van der Waals surface area contributed by atoms with Crippen molar-refractivity contribution in [1.82, 2.24) is 5.32 Å². The SMILES string of the molecule is O=C1NC(=Nc2ccc(Cl)cc2)S/C1=C\c1cc(Cl)ccc1OCc1ccccc1F. The van der Waals surface area contributed by atoms with Gasteiger partial charge in [-0.1, -0.05) is 41.4 Å². The van der Waals surface area contributed by atoms with Crippen molar-refractivity contribution in [2.24, 2.45) is 4.99 Å². The maximum atomic E-state index is 13.9. The Hall–Kier alpha value is -2.80. The van der Waals surface area contributed by atoms with Gasteiger partial charge in [0.2, 0.25) is 0 Å². The minimum absolute atomic E-state index is 0.0487. The van der Waals surface area contributed by atoms with E-state index in [1.54, 1.807) is 66.7 Å². The molecule has 3 aromatic carbocycles. The summed E-state index contributed by atoms with van der Waals surface area (Å²) in [5, 5.41) is 4.29. The van der Waals surface area contributed by atoms with Gasteiger partial charge in [0.15, 0.2) is 5.17 Å². The topological polar surface area (TPSA) is 50.7 Å². The van der Waals surface area contributed by atoms with Crippen LogP contribution in [0.25, 0.3) is 6.08 Å². The number of halogens is 3. The summed E-state index contributed by atoms with van der Waals surface area (Å²) in [6.07, 6.45) is 1.67. The molecule has 1 aliphatic rings. The highest BCUT2D eigenvalue weighted by molar-refractivity contribution is 8.18. The van der Waals surface area contributed by atoms with Gasteiger partial charge in [-0.3, -0.25) is 4.79 Å². The highest BCUT2D eigenvalue weighted by Crippen LogP contribution is 2.32. The lowest BCUT2D eigenvalue weighted by Gasteiger charge is -2.10. The van der Waals surface area contributed by atoms with Gasteiger partial charge in [-0.2, -0.15) is 0 Å². The van der Waals surface area contributed by atoms with Crippen molar-refractivity contribution in [3.8, 4) is 5.75 Å². The van der Waals surface area contributed by atoms with E-state index in [1.807, 2.05) is 0 Å². The second kappa shape index (κ2) is 9.56. The van der Waals surface area contributed by atoms with Crippen molar-refractivity contribution in [2.45, 2.75) is 6.61 Å². The average molecular weight is 473 g/mol. The third-order valence-corrected chi connectivity index (χ3v) is 5.70. The zero-order valence-corrected chi connectivity index (χ0v) is 18.3. The lowest BCUT2D eigenvalue weighted by molar-refractivity contribution is -0.115. The zero-order chi connectivity index (χ0) is 21.8. The van der Waals surface area contributed by atoms with Gasteiger partial charge in [-0.15, -0.1) is 0 Å². The number of benzene rings is 3. The Morgan fingerprint density at radius 1 is 1.03 bits per heavy atom. The molecule has 1 fully saturated rings. The fraction of sp³-hybridized carbons (Fsp3) is 0.0435. The number of hydrogen-bond donors (Lipinski definition) is 1. The van der Waals surface area contributed by atoms with E-state index in [4.69, 9.17) is 27.9 Å². The molecule has 1 heterocycles. The van der Waals surface area contributed by atoms with Crippen LogP contribution in [0.2, 0.25) is 10.0 Å². The summed E-state index contributed by atoms with van der Waals surface area (Å²) in [7, 11) is 0. The molecule has 0 unspecified atom stereocenters. The molecule has 31 heavy (non-hydrogen) atoms. The Morgan fingerprint density at radius 2 is 1.77 bits per heavy atom. The van der Waals surface area contributed by atoms with Crippen LogP contribution in [-0.4, -0.2) is 11.1 Å². The van der Waals surface area contributed by atoms with Gasteiger partial charge in [0.05, 0.1) is 10.6 Å². The standard InChI is InChI=1S/C23H15Cl2FN2O2S/c24-16-5-8-18(9-6-16)27-23-28-22(29)21(31-23)12-15-11-17(25)7-10-20(15)30-13-14-3-1-2-4-19(14)26/h1-12H,13H2,(H,27,28,29)/b21-12-. The van der Waals surface area contributed by atoms with Gasteiger partial charge in [0.25, 0.3) is 5.91 Å². The first-order valence-corrected chi connectivity index (χ1v) is 10.8. The molecule has 1 saturated heterocycles. The molecule has 8 heteroatoms. The fourth-order valence-corrected chi connectivity index (χ4v) is 3.93. The summed E-state index contributed by atoms with van der Waals surface area (Å²) >= 11 is 13.2.